The molecule has 0 aromatic heterocycles. The van der Waals surface area contributed by atoms with Gasteiger partial charge in [0.05, 0.1) is 24.8 Å². The summed E-state index contributed by atoms with van der Waals surface area (Å²) in [6.07, 6.45) is 7.63. The standard InChI is InChI=1S/C25H33NO4/c1-4-5-6-9-19(2)23(27)15-13-22-14-16-24(28)26(22)17-8-11-20-10-7-12-21(18-20)25(29)30-3/h7,10,12-13,15,18-19,22-23,27H,4,8-9,11,14,16-17H2,1-3H3/b15-13+/t19-,22-,23+/m0/s1. The zero-order valence-corrected chi connectivity index (χ0v) is 18.3. The second-order valence-electron chi connectivity index (χ2n) is 7.75. The summed E-state index contributed by atoms with van der Waals surface area (Å²) < 4.78 is 4.77. The van der Waals surface area contributed by atoms with Crippen LogP contribution in [0.5, 0.6) is 0 Å². The molecule has 5 heteroatoms. The van der Waals surface area contributed by atoms with Gasteiger partial charge in [-0.15, -0.1) is 11.8 Å². The fraction of sp³-hybridized carbons (Fsp3) is 0.520. The van der Waals surface area contributed by atoms with Gasteiger partial charge in [0.15, 0.2) is 0 Å². The van der Waals surface area contributed by atoms with Crippen LogP contribution in [0.25, 0.3) is 0 Å². The third kappa shape index (κ3) is 7.03. The third-order valence-corrected chi connectivity index (χ3v) is 5.43. The maximum atomic E-state index is 12.3. The summed E-state index contributed by atoms with van der Waals surface area (Å²) in [6.45, 7) is 4.65. The number of amides is 1. The van der Waals surface area contributed by atoms with Crippen molar-refractivity contribution in [3.63, 3.8) is 0 Å². The van der Waals surface area contributed by atoms with Gasteiger partial charge in [0, 0.05) is 25.8 Å². The molecule has 0 radical (unpaired) electrons. The molecule has 1 heterocycles. The molecular weight excluding hydrogens is 378 g/mol. The maximum absolute atomic E-state index is 12.3. The van der Waals surface area contributed by atoms with E-state index in [0.29, 0.717) is 24.9 Å². The minimum absolute atomic E-state index is 0.0301. The molecule has 1 aliphatic heterocycles. The number of hydrogen-bond acceptors (Lipinski definition) is 4. The van der Waals surface area contributed by atoms with Crippen molar-refractivity contribution in [1.82, 2.24) is 4.90 Å². The molecule has 3 atom stereocenters. The molecule has 0 aliphatic carbocycles. The number of hydrogen-bond donors (Lipinski definition) is 1. The Balaban J connectivity index is 1.88. The number of ether oxygens (including phenoxy) is 1. The second-order valence-corrected chi connectivity index (χ2v) is 7.75. The molecular formula is C25H33NO4. The quantitative estimate of drug-likeness (QED) is 0.382. The molecule has 1 aromatic rings. The van der Waals surface area contributed by atoms with Gasteiger partial charge in [-0.05, 0) is 42.9 Å². The molecule has 30 heavy (non-hydrogen) atoms. The number of aliphatic hydroxyl groups is 1. The van der Waals surface area contributed by atoms with E-state index in [2.05, 4.69) is 11.8 Å². The van der Waals surface area contributed by atoms with Crippen molar-refractivity contribution in [3.05, 3.63) is 47.5 Å². The van der Waals surface area contributed by atoms with Gasteiger partial charge in [-0.2, -0.15) is 0 Å². The normalized spacial score (nSPS) is 18.2. The first kappa shape index (κ1) is 23.7. The molecule has 0 unspecified atom stereocenters. The van der Waals surface area contributed by atoms with Gasteiger partial charge in [0.2, 0.25) is 5.91 Å². The van der Waals surface area contributed by atoms with Crippen molar-refractivity contribution in [2.24, 2.45) is 5.92 Å². The number of esters is 1. The summed E-state index contributed by atoms with van der Waals surface area (Å²) in [5.74, 6) is 5.99. The van der Waals surface area contributed by atoms with Crippen molar-refractivity contribution in [1.29, 1.82) is 0 Å². The number of carbonyl (C=O) groups is 2. The van der Waals surface area contributed by atoms with Crippen LogP contribution in [0.1, 0.15) is 61.9 Å². The molecule has 0 spiro atoms. The molecule has 1 saturated heterocycles. The molecule has 1 fully saturated rings. The van der Waals surface area contributed by atoms with Crippen molar-refractivity contribution in [2.75, 3.05) is 13.7 Å². The van der Waals surface area contributed by atoms with Gasteiger partial charge in [-0.3, -0.25) is 4.79 Å². The Bertz CT molecular complexity index is 805. The van der Waals surface area contributed by atoms with Crippen LogP contribution in [-0.4, -0.2) is 47.7 Å². The van der Waals surface area contributed by atoms with E-state index in [4.69, 9.17) is 4.74 Å². The Hall–Kier alpha value is -2.58. The Labute approximate surface area is 180 Å². The molecule has 5 nitrogen and oxygen atoms in total. The van der Waals surface area contributed by atoms with Gasteiger partial charge in [-0.1, -0.05) is 38.1 Å². The molecule has 162 valence electrons. The van der Waals surface area contributed by atoms with Gasteiger partial charge in [0.25, 0.3) is 0 Å². The lowest BCUT2D eigenvalue weighted by molar-refractivity contribution is -0.128. The van der Waals surface area contributed by atoms with E-state index >= 15 is 0 Å². The minimum Gasteiger partial charge on any atom is -0.465 e. The highest BCUT2D eigenvalue weighted by atomic mass is 16.5. The Morgan fingerprint density at radius 1 is 1.40 bits per heavy atom. The summed E-state index contributed by atoms with van der Waals surface area (Å²) in [5.41, 5.74) is 1.59. The molecule has 1 aromatic carbocycles. The van der Waals surface area contributed by atoms with Crippen molar-refractivity contribution in [3.8, 4) is 11.8 Å². The predicted octanol–water partition coefficient (Wildman–Crippen LogP) is 3.75. The van der Waals surface area contributed by atoms with Crippen LogP contribution in [0, 0.1) is 17.8 Å². The Morgan fingerprint density at radius 2 is 2.20 bits per heavy atom. The summed E-state index contributed by atoms with van der Waals surface area (Å²) in [5, 5.41) is 10.3. The van der Waals surface area contributed by atoms with E-state index in [1.807, 2.05) is 49.1 Å². The highest BCUT2D eigenvalue weighted by Crippen LogP contribution is 2.22. The SMILES string of the molecule is CCC#CC[C@H](C)[C@H](O)/C=C/[C@H]1CCC(=O)N1CCCc1cccc(C(=O)OC)c1. The van der Waals surface area contributed by atoms with Crippen LogP contribution in [0.3, 0.4) is 0 Å². The zero-order valence-electron chi connectivity index (χ0n) is 18.3. The second kappa shape index (κ2) is 12.2. The van der Waals surface area contributed by atoms with Gasteiger partial charge < -0.3 is 14.7 Å². The number of methoxy groups -OCH3 is 1. The van der Waals surface area contributed by atoms with Gasteiger partial charge >= 0.3 is 5.97 Å². The fourth-order valence-electron chi connectivity index (χ4n) is 3.58. The summed E-state index contributed by atoms with van der Waals surface area (Å²) in [4.78, 5) is 25.9. The van der Waals surface area contributed by atoms with Gasteiger partial charge in [-0.25, -0.2) is 4.79 Å². The monoisotopic (exact) mass is 411 g/mol. The lowest BCUT2D eigenvalue weighted by Crippen LogP contribution is -2.33. The summed E-state index contributed by atoms with van der Waals surface area (Å²) in [6, 6.07) is 7.44. The van der Waals surface area contributed by atoms with Crippen molar-refractivity contribution < 1.29 is 19.4 Å². The first-order chi connectivity index (χ1) is 14.5. The minimum atomic E-state index is -0.560. The highest BCUT2D eigenvalue weighted by molar-refractivity contribution is 5.89. The maximum Gasteiger partial charge on any atom is 0.337 e. The third-order valence-electron chi connectivity index (χ3n) is 5.43. The van der Waals surface area contributed by atoms with Crippen LogP contribution in [0.2, 0.25) is 0 Å². The lowest BCUT2D eigenvalue weighted by Gasteiger charge is -2.23. The smallest absolute Gasteiger partial charge is 0.337 e. The van der Waals surface area contributed by atoms with E-state index in [1.165, 1.54) is 7.11 Å². The predicted molar refractivity (Wildman–Crippen MR) is 118 cm³/mol. The van der Waals surface area contributed by atoms with E-state index < -0.39 is 6.10 Å². The Morgan fingerprint density at radius 3 is 2.93 bits per heavy atom. The highest BCUT2D eigenvalue weighted by Gasteiger charge is 2.28. The van der Waals surface area contributed by atoms with E-state index in [9.17, 15) is 14.7 Å². The van der Waals surface area contributed by atoms with Crippen molar-refractivity contribution >= 4 is 11.9 Å². The molecule has 2 rings (SSSR count). The number of aryl methyl sites for hydroxylation is 1. The van der Waals surface area contributed by atoms with E-state index in [1.54, 1.807) is 6.07 Å². The molecule has 1 amide bonds. The first-order valence-electron chi connectivity index (χ1n) is 10.7. The van der Waals surface area contributed by atoms with Crippen LogP contribution >= 0.6 is 0 Å². The van der Waals surface area contributed by atoms with Crippen LogP contribution in [-0.2, 0) is 16.0 Å². The molecule has 0 bridgehead atoms. The molecule has 1 aliphatic rings. The van der Waals surface area contributed by atoms with Crippen LogP contribution in [0.4, 0.5) is 0 Å². The largest absolute Gasteiger partial charge is 0.465 e. The average molecular weight is 412 g/mol. The number of benzene rings is 1. The van der Waals surface area contributed by atoms with E-state index in [0.717, 1.165) is 31.2 Å². The number of likely N-dealkylation sites (tertiary alicyclic amines) is 1. The molecule has 0 saturated carbocycles. The zero-order chi connectivity index (χ0) is 21.9. The summed E-state index contributed by atoms with van der Waals surface area (Å²) >= 11 is 0. The molecule has 1 N–H and O–H groups in total. The number of nitrogens with zero attached hydrogens (tertiary/aromatic N) is 1. The summed E-state index contributed by atoms with van der Waals surface area (Å²) in [7, 11) is 1.37. The average Bonchev–Trinajstić information content (AvgIpc) is 3.11. The first-order valence-corrected chi connectivity index (χ1v) is 10.7. The lowest BCUT2D eigenvalue weighted by atomic mass is 10.00. The van der Waals surface area contributed by atoms with Crippen LogP contribution < -0.4 is 0 Å². The fourth-order valence-corrected chi connectivity index (χ4v) is 3.58. The van der Waals surface area contributed by atoms with E-state index in [-0.39, 0.29) is 23.8 Å². The van der Waals surface area contributed by atoms with Crippen molar-refractivity contribution in [2.45, 2.75) is 64.5 Å². The topological polar surface area (TPSA) is 66.8 Å². The number of carbonyl (C=O) groups excluding carboxylic acids is 2. The van der Waals surface area contributed by atoms with Crippen LogP contribution in [0.15, 0.2) is 36.4 Å². The number of aliphatic hydroxyl groups excluding tert-OH is 1. The number of rotatable bonds is 9. The van der Waals surface area contributed by atoms with Gasteiger partial charge in [0.1, 0.15) is 0 Å². The Kier molecular flexibility index (Phi) is 9.63.